The Morgan fingerprint density at radius 3 is 1.72 bits per heavy atom. The number of hydrogen-bond acceptors (Lipinski definition) is 8. The van der Waals surface area contributed by atoms with Gasteiger partial charge in [-0.15, -0.1) is 11.8 Å². The highest BCUT2D eigenvalue weighted by Crippen LogP contribution is 2.29. The molecule has 8 nitrogen and oxygen atoms in total. The average molecular weight is 716 g/mol. The van der Waals surface area contributed by atoms with Gasteiger partial charge in [-0.2, -0.15) is 12.6 Å². The fraction of sp³-hybridized carbons (Fsp3) is 0.938. The van der Waals surface area contributed by atoms with Gasteiger partial charge in [0.05, 0.1) is 49.7 Å². The highest BCUT2D eigenvalue weighted by molar-refractivity contribution is 9.09. The van der Waals surface area contributed by atoms with Gasteiger partial charge in [-0.1, -0.05) is 93.0 Å². The molecule has 0 spiro atoms. The van der Waals surface area contributed by atoms with Crippen molar-refractivity contribution in [3.8, 4) is 0 Å². The SMILES string of the molecule is CC(O)COCCS.CC(O)COCCSCC(=O)NCCCCC1CCCC1.O=C(CBr)NCCCCC1CCCC1. The van der Waals surface area contributed by atoms with Gasteiger partial charge in [0.2, 0.25) is 11.8 Å². The lowest BCUT2D eigenvalue weighted by Crippen LogP contribution is -2.26. The molecule has 0 aromatic heterocycles. The minimum atomic E-state index is -0.414. The Bertz CT molecular complexity index is 637. The first kappa shape index (κ1) is 43.0. The van der Waals surface area contributed by atoms with Crippen molar-refractivity contribution in [3.05, 3.63) is 0 Å². The van der Waals surface area contributed by atoms with Crippen LogP contribution in [0.4, 0.5) is 0 Å². The van der Waals surface area contributed by atoms with Gasteiger partial charge in [-0.05, 0) is 38.5 Å². The van der Waals surface area contributed by atoms with Gasteiger partial charge >= 0.3 is 0 Å². The van der Waals surface area contributed by atoms with E-state index in [1.54, 1.807) is 25.6 Å². The lowest BCUT2D eigenvalue weighted by Gasteiger charge is -2.09. The van der Waals surface area contributed by atoms with Crippen LogP contribution in [0.1, 0.15) is 104 Å². The van der Waals surface area contributed by atoms with E-state index in [9.17, 15) is 9.59 Å². The Morgan fingerprint density at radius 2 is 1.28 bits per heavy atom. The molecule has 2 unspecified atom stereocenters. The fourth-order valence-corrected chi connectivity index (χ4v) is 6.12. The summed E-state index contributed by atoms with van der Waals surface area (Å²) in [5.74, 6) is 4.18. The zero-order valence-corrected chi connectivity index (χ0v) is 30.3. The van der Waals surface area contributed by atoms with Crippen molar-refractivity contribution in [1.29, 1.82) is 0 Å². The fourth-order valence-electron chi connectivity index (χ4n) is 5.12. The molecule has 2 atom stereocenters. The molecule has 0 heterocycles. The maximum Gasteiger partial charge on any atom is 0.230 e. The van der Waals surface area contributed by atoms with E-state index in [2.05, 4.69) is 39.2 Å². The summed E-state index contributed by atoms with van der Waals surface area (Å²) >= 11 is 8.62. The number of unbranched alkanes of at least 4 members (excludes halogenated alkanes) is 2. The van der Waals surface area contributed by atoms with Gasteiger partial charge in [-0.3, -0.25) is 9.59 Å². The van der Waals surface area contributed by atoms with Gasteiger partial charge in [0.1, 0.15) is 0 Å². The van der Waals surface area contributed by atoms with Crippen LogP contribution in [0.5, 0.6) is 0 Å². The summed E-state index contributed by atoms with van der Waals surface area (Å²) in [4.78, 5) is 22.5. The molecule has 2 aliphatic carbocycles. The number of carbonyl (C=O) groups is 2. The maximum absolute atomic E-state index is 11.6. The molecule has 256 valence electrons. The minimum Gasteiger partial charge on any atom is -0.391 e. The Kier molecular flexibility index (Phi) is 31.9. The standard InChI is InChI=1S/C16H31NO3S.C11H20BrNO.C5H12O2S/c1-14(18)12-20-10-11-21-13-16(19)17-9-5-4-8-15-6-2-3-7-15;12-9-11(14)13-8-4-3-7-10-5-1-2-6-10;1-5(6)4-7-2-3-8/h14-15,18H,2-13H2,1H3,(H,17,19);10H,1-9H2,(H,13,14);5-6,8H,2-4H2,1H3. The lowest BCUT2D eigenvalue weighted by molar-refractivity contribution is -0.119. The molecular weight excluding hydrogens is 652 g/mol. The molecule has 2 saturated carbocycles. The van der Waals surface area contributed by atoms with Crippen LogP contribution in [0.15, 0.2) is 0 Å². The van der Waals surface area contributed by atoms with E-state index < -0.39 is 6.10 Å². The third kappa shape index (κ3) is 31.7. The topological polar surface area (TPSA) is 117 Å². The normalized spacial score (nSPS) is 16.5. The molecule has 4 N–H and O–H groups in total. The zero-order valence-electron chi connectivity index (χ0n) is 27.0. The van der Waals surface area contributed by atoms with Crippen molar-refractivity contribution in [3.63, 3.8) is 0 Å². The van der Waals surface area contributed by atoms with Crippen molar-refractivity contribution in [2.45, 2.75) is 116 Å². The molecule has 0 radical (unpaired) electrons. The van der Waals surface area contributed by atoms with E-state index in [0.717, 1.165) is 43.5 Å². The van der Waals surface area contributed by atoms with E-state index in [1.165, 1.54) is 77.0 Å². The molecule has 0 saturated heterocycles. The highest BCUT2D eigenvalue weighted by Gasteiger charge is 2.14. The number of hydrogen-bond donors (Lipinski definition) is 5. The van der Waals surface area contributed by atoms with Crippen molar-refractivity contribution < 1.29 is 29.3 Å². The van der Waals surface area contributed by atoms with Crippen LogP contribution in [0.2, 0.25) is 0 Å². The molecule has 43 heavy (non-hydrogen) atoms. The van der Waals surface area contributed by atoms with Crippen LogP contribution in [0.3, 0.4) is 0 Å². The van der Waals surface area contributed by atoms with Crippen LogP contribution < -0.4 is 10.6 Å². The second kappa shape index (κ2) is 31.9. The zero-order chi connectivity index (χ0) is 32.0. The van der Waals surface area contributed by atoms with Crippen molar-refractivity contribution in [2.75, 3.05) is 62.1 Å². The number of aliphatic hydroxyl groups excluding tert-OH is 2. The average Bonchev–Trinajstić information content (AvgIpc) is 3.70. The Labute approximate surface area is 280 Å². The van der Waals surface area contributed by atoms with E-state index in [-0.39, 0.29) is 17.9 Å². The number of thiol groups is 1. The molecule has 0 aliphatic heterocycles. The van der Waals surface area contributed by atoms with Gasteiger partial charge < -0.3 is 30.3 Å². The van der Waals surface area contributed by atoms with Gasteiger partial charge in [0.25, 0.3) is 0 Å². The summed E-state index contributed by atoms with van der Waals surface area (Å²) in [5, 5.41) is 23.9. The third-order valence-electron chi connectivity index (χ3n) is 7.35. The lowest BCUT2D eigenvalue weighted by atomic mass is 10.0. The number of amides is 2. The highest BCUT2D eigenvalue weighted by atomic mass is 79.9. The van der Waals surface area contributed by atoms with Crippen LogP contribution in [-0.4, -0.2) is 96.3 Å². The number of rotatable bonds is 22. The molecule has 0 aromatic carbocycles. The summed E-state index contributed by atoms with van der Waals surface area (Å²) in [6.07, 6.45) is 18.1. The summed E-state index contributed by atoms with van der Waals surface area (Å²) in [6, 6.07) is 0. The van der Waals surface area contributed by atoms with Crippen LogP contribution in [0, 0.1) is 11.8 Å². The van der Waals surface area contributed by atoms with E-state index in [1.807, 2.05) is 0 Å². The number of nitrogens with one attached hydrogen (secondary N) is 2. The summed E-state index contributed by atoms with van der Waals surface area (Å²) in [7, 11) is 0. The molecule has 2 aliphatic rings. The van der Waals surface area contributed by atoms with Crippen molar-refractivity contribution >= 4 is 52.1 Å². The summed E-state index contributed by atoms with van der Waals surface area (Å²) in [5.41, 5.74) is 0. The van der Waals surface area contributed by atoms with Crippen molar-refractivity contribution in [2.24, 2.45) is 11.8 Å². The molecular formula is C32H63BrN2O6S2. The molecule has 2 rings (SSSR count). The molecule has 0 aromatic rings. The van der Waals surface area contributed by atoms with E-state index in [0.29, 0.717) is 43.3 Å². The molecule has 11 heteroatoms. The number of thioether (sulfide) groups is 1. The minimum absolute atomic E-state index is 0.103. The number of aliphatic hydroxyl groups is 2. The number of ether oxygens (including phenoxy) is 2. The molecule has 2 fully saturated rings. The van der Waals surface area contributed by atoms with E-state index in [4.69, 9.17) is 19.7 Å². The second-order valence-corrected chi connectivity index (χ2v) is 13.9. The van der Waals surface area contributed by atoms with Crippen molar-refractivity contribution in [1.82, 2.24) is 10.6 Å². The van der Waals surface area contributed by atoms with Crippen LogP contribution in [-0.2, 0) is 19.1 Å². The third-order valence-corrected chi connectivity index (χ3v) is 8.97. The first-order valence-corrected chi connectivity index (χ1v) is 19.5. The van der Waals surface area contributed by atoms with Crippen LogP contribution in [0.25, 0.3) is 0 Å². The molecule has 0 bridgehead atoms. The van der Waals surface area contributed by atoms with Gasteiger partial charge in [0, 0.05) is 24.6 Å². The summed E-state index contributed by atoms with van der Waals surface area (Å²) in [6.45, 7) is 7.04. The van der Waals surface area contributed by atoms with Gasteiger partial charge in [-0.25, -0.2) is 0 Å². The number of alkyl halides is 1. The predicted molar refractivity (Wildman–Crippen MR) is 188 cm³/mol. The van der Waals surface area contributed by atoms with Gasteiger partial charge in [0.15, 0.2) is 0 Å². The Balaban J connectivity index is 0.000000688. The maximum atomic E-state index is 11.6. The first-order valence-electron chi connectivity index (χ1n) is 16.6. The monoisotopic (exact) mass is 714 g/mol. The predicted octanol–water partition coefficient (Wildman–Crippen LogP) is 5.77. The largest absolute Gasteiger partial charge is 0.391 e. The summed E-state index contributed by atoms with van der Waals surface area (Å²) < 4.78 is 10.2. The number of halogens is 1. The number of carbonyl (C=O) groups excluding carboxylic acids is 2. The molecule has 2 amide bonds. The van der Waals surface area contributed by atoms with Crippen LogP contribution >= 0.6 is 40.3 Å². The Hall–Kier alpha value is -0.0400. The quantitative estimate of drug-likeness (QED) is 0.0550. The second-order valence-electron chi connectivity index (χ2n) is 11.8. The Morgan fingerprint density at radius 1 is 0.814 bits per heavy atom. The smallest absolute Gasteiger partial charge is 0.230 e. The van der Waals surface area contributed by atoms with E-state index >= 15 is 0 Å². The first-order chi connectivity index (χ1) is 20.8.